The number of benzene rings is 3. The number of rotatable bonds is 13. The first-order valence-corrected chi connectivity index (χ1v) is 15.8. The first-order valence-electron chi connectivity index (χ1n) is 13.0. The highest BCUT2D eigenvalue weighted by Crippen LogP contribution is 2.23. The smallest absolute Gasteiger partial charge is 0.272 e. The quantitative estimate of drug-likeness (QED) is 0.120. The fourth-order valence-corrected chi connectivity index (χ4v) is 5.51. The second kappa shape index (κ2) is 15.8. The molecule has 0 aliphatic rings. The van der Waals surface area contributed by atoms with E-state index in [1.54, 1.807) is 54.6 Å². The number of carbonyl (C=O) groups is 3. The fraction of sp³-hybridized carbons (Fsp3) is 0.167. The Hall–Kier alpha value is -4.13. The van der Waals surface area contributed by atoms with E-state index in [2.05, 4.69) is 25.3 Å². The number of thioether (sulfide) groups is 2. The molecule has 0 spiro atoms. The predicted molar refractivity (Wildman–Crippen MR) is 170 cm³/mol. The van der Waals surface area contributed by atoms with Crippen molar-refractivity contribution in [3.8, 4) is 5.75 Å². The molecular weight excluding hydrogens is 591 g/mol. The Kier molecular flexibility index (Phi) is 11.6. The molecule has 0 unspecified atom stereocenters. The van der Waals surface area contributed by atoms with Gasteiger partial charge in [-0.3, -0.25) is 19.7 Å². The van der Waals surface area contributed by atoms with Crippen molar-refractivity contribution in [2.45, 2.75) is 23.9 Å². The zero-order valence-corrected chi connectivity index (χ0v) is 25.4. The zero-order valence-electron chi connectivity index (χ0n) is 23.0. The Morgan fingerprint density at radius 3 is 2.33 bits per heavy atom. The number of anilines is 2. The lowest BCUT2D eigenvalue weighted by Gasteiger charge is -2.12. The molecule has 1 aromatic heterocycles. The second-order valence-electron chi connectivity index (χ2n) is 8.51. The molecule has 42 heavy (non-hydrogen) atoms. The molecule has 3 amide bonds. The van der Waals surface area contributed by atoms with Crippen LogP contribution in [0.4, 0.5) is 10.8 Å². The van der Waals surface area contributed by atoms with Gasteiger partial charge in [-0.05, 0) is 72.8 Å². The molecule has 4 rings (SSSR count). The maximum absolute atomic E-state index is 13.3. The molecule has 0 aliphatic heterocycles. The number of carbonyl (C=O) groups excluding carboxylic acids is 3. The second-order valence-corrected chi connectivity index (χ2v) is 11.5. The summed E-state index contributed by atoms with van der Waals surface area (Å²) in [7, 11) is 0. The van der Waals surface area contributed by atoms with Gasteiger partial charge in [0, 0.05) is 27.7 Å². The van der Waals surface area contributed by atoms with Crippen molar-refractivity contribution in [2.24, 2.45) is 0 Å². The minimum absolute atomic E-state index is 0.0836. The number of ether oxygens (including phenoxy) is 1. The minimum atomic E-state index is -0.481. The molecule has 0 saturated carbocycles. The van der Waals surface area contributed by atoms with Crippen LogP contribution < -0.4 is 20.7 Å². The molecular formula is C30H29N5O4S3. The van der Waals surface area contributed by atoms with E-state index in [1.807, 2.05) is 44.2 Å². The van der Waals surface area contributed by atoms with E-state index in [0.29, 0.717) is 33.9 Å². The van der Waals surface area contributed by atoms with Crippen LogP contribution in [0.15, 0.2) is 94.6 Å². The van der Waals surface area contributed by atoms with Crippen molar-refractivity contribution in [2.75, 3.05) is 28.7 Å². The summed E-state index contributed by atoms with van der Waals surface area (Å²) in [6.07, 6.45) is 1.61. The predicted octanol–water partition coefficient (Wildman–Crippen LogP) is 6.19. The molecule has 0 saturated heterocycles. The Morgan fingerprint density at radius 1 is 0.905 bits per heavy atom. The number of aromatic nitrogens is 2. The molecule has 216 valence electrons. The van der Waals surface area contributed by atoms with Gasteiger partial charge in [-0.25, -0.2) is 0 Å². The fourth-order valence-electron chi connectivity index (χ4n) is 3.52. The molecule has 12 heteroatoms. The summed E-state index contributed by atoms with van der Waals surface area (Å²) in [4.78, 5) is 43.6. The molecule has 0 bridgehead atoms. The third-order valence-electron chi connectivity index (χ3n) is 5.44. The van der Waals surface area contributed by atoms with Gasteiger partial charge in [-0.1, -0.05) is 49.0 Å². The SMILES string of the molecule is CCOc1ccc(/C=C(\NC(=O)c2ccccc2)C(=O)Nc2ccc(SCC(=O)Nc3nc(SCC)ns3)cc2)cc1. The minimum Gasteiger partial charge on any atom is -0.494 e. The maximum Gasteiger partial charge on any atom is 0.272 e. The lowest BCUT2D eigenvalue weighted by Crippen LogP contribution is -2.30. The van der Waals surface area contributed by atoms with Crippen molar-refractivity contribution in [3.05, 3.63) is 95.7 Å². The highest BCUT2D eigenvalue weighted by atomic mass is 32.2. The number of hydrogen-bond acceptors (Lipinski definition) is 9. The van der Waals surface area contributed by atoms with Crippen LogP contribution in [0.2, 0.25) is 0 Å². The summed E-state index contributed by atoms with van der Waals surface area (Å²) in [6.45, 7) is 4.46. The molecule has 3 aromatic carbocycles. The summed E-state index contributed by atoms with van der Waals surface area (Å²) in [5.41, 5.74) is 1.77. The van der Waals surface area contributed by atoms with E-state index in [4.69, 9.17) is 4.74 Å². The van der Waals surface area contributed by atoms with Crippen molar-refractivity contribution < 1.29 is 19.1 Å². The normalized spacial score (nSPS) is 11.0. The largest absolute Gasteiger partial charge is 0.494 e. The lowest BCUT2D eigenvalue weighted by atomic mass is 10.1. The lowest BCUT2D eigenvalue weighted by molar-refractivity contribution is -0.114. The first-order chi connectivity index (χ1) is 20.4. The summed E-state index contributed by atoms with van der Waals surface area (Å²) < 4.78 is 9.68. The molecule has 3 N–H and O–H groups in total. The first kappa shape index (κ1) is 30.8. The van der Waals surface area contributed by atoms with Gasteiger partial charge in [0.05, 0.1) is 12.4 Å². The van der Waals surface area contributed by atoms with Crippen LogP contribution >= 0.6 is 35.1 Å². The van der Waals surface area contributed by atoms with Crippen molar-refractivity contribution in [1.29, 1.82) is 0 Å². The van der Waals surface area contributed by atoms with E-state index >= 15 is 0 Å². The van der Waals surface area contributed by atoms with Gasteiger partial charge >= 0.3 is 0 Å². The molecule has 0 aliphatic carbocycles. The van der Waals surface area contributed by atoms with Crippen molar-refractivity contribution in [1.82, 2.24) is 14.7 Å². The van der Waals surface area contributed by atoms with Crippen LogP contribution in [0.25, 0.3) is 6.08 Å². The highest BCUT2D eigenvalue weighted by molar-refractivity contribution is 8.00. The molecule has 0 atom stereocenters. The Balaban J connectivity index is 1.39. The van der Waals surface area contributed by atoms with Crippen LogP contribution in [0.1, 0.15) is 29.8 Å². The average molecular weight is 620 g/mol. The van der Waals surface area contributed by atoms with E-state index in [1.165, 1.54) is 23.5 Å². The maximum atomic E-state index is 13.3. The van der Waals surface area contributed by atoms with Gasteiger partial charge in [-0.15, -0.1) is 11.8 Å². The van der Waals surface area contributed by atoms with Gasteiger partial charge in [-0.2, -0.15) is 9.36 Å². The van der Waals surface area contributed by atoms with E-state index in [0.717, 1.165) is 27.7 Å². The van der Waals surface area contributed by atoms with Gasteiger partial charge in [0.15, 0.2) is 0 Å². The summed E-state index contributed by atoms with van der Waals surface area (Å²) in [5.74, 6) is 0.707. The van der Waals surface area contributed by atoms with Gasteiger partial charge in [0.25, 0.3) is 11.8 Å². The summed E-state index contributed by atoms with van der Waals surface area (Å²) in [5, 5.41) is 9.46. The van der Waals surface area contributed by atoms with Gasteiger partial charge in [0.2, 0.25) is 16.2 Å². The number of amides is 3. The number of nitrogens with one attached hydrogen (secondary N) is 3. The number of hydrogen-bond donors (Lipinski definition) is 3. The summed E-state index contributed by atoms with van der Waals surface area (Å²) in [6, 6.07) is 23.0. The Morgan fingerprint density at radius 2 is 1.64 bits per heavy atom. The number of nitrogens with zero attached hydrogens (tertiary/aromatic N) is 2. The molecule has 0 radical (unpaired) electrons. The van der Waals surface area contributed by atoms with Gasteiger partial charge < -0.3 is 15.4 Å². The molecule has 9 nitrogen and oxygen atoms in total. The Labute approximate surface area is 256 Å². The molecule has 0 fully saturated rings. The van der Waals surface area contributed by atoms with E-state index < -0.39 is 11.8 Å². The van der Waals surface area contributed by atoms with Crippen LogP contribution in [0.3, 0.4) is 0 Å². The standard InChI is InChI=1S/C30H29N5O4S3/c1-3-39-23-14-10-20(11-15-23)18-25(32-27(37)21-8-6-5-7-9-21)28(38)31-22-12-16-24(17-13-22)41-19-26(36)33-29-34-30(35-42-29)40-4-2/h5-18H,3-4,19H2,1-2H3,(H,31,38)(H,32,37)(H,33,34,35,36)/b25-18-. The van der Waals surface area contributed by atoms with Crippen LogP contribution in [0.5, 0.6) is 5.75 Å². The Bertz CT molecular complexity index is 1520. The third kappa shape index (κ3) is 9.47. The topological polar surface area (TPSA) is 122 Å². The van der Waals surface area contributed by atoms with Crippen LogP contribution in [0, 0.1) is 0 Å². The average Bonchev–Trinajstić information content (AvgIpc) is 3.44. The zero-order chi connectivity index (χ0) is 29.7. The molecule has 4 aromatic rings. The third-order valence-corrected chi connectivity index (χ3v) is 7.93. The van der Waals surface area contributed by atoms with Crippen molar-refractivity contribution >= 4 is 69.7 Å². The molecule has 1 heterocycles. The van der Waals surface area contributed by atoms with Crippen LogP contribution in [-0.2, 0) is 9.59 Å². The van der Waals surface area contributed by atoms with Crippen LogP contribution in [-0.4, -0.2) is 45.2 Å². The highest BCUT2D eigenvalue weighted by Gasteiger charge is 2.15. The van der Waals surface area contributed by atoms with Gasteiger partial charge in [0.1, 0.15) is 11.4 Å². The van der Waals surface area contributed by atoms with E-state index in [-0.39, 0.29) is 17.4 Å². The van der Waals surface area contributed by atoms with E-state index in [9.17, 15) is 14.4 Å². The monoisotopic (exact) mass is 619 g/mol. The summed E-state index contributed by atoms with van der Waals surface area (Å²) >= 11 is 4.03. The van der Waals surface area contributed by atoms with Crippen molar-refractivity contribution in [3.63, 3.8) is 0 Å².